The molecule has 0 aliphatic heterocycles. The number of rotatable bonds is 6. The second kappa shape index (κ2) is 13.6. The molecule has 9 aromatic carbocycles. The molecule has 270 valence electrons. The van der Waals surface area contributed by atoms with Gasteiger partial charge in [0, 0.05) is 28.3 Å². The van der Waals surface area contributed by atoms with Crippen LogP contribution in [0.1, 0.15) is 5.56 Å². The Morgan fingerprint density at radius 3 is 1.66 bits per heavy atom. The van der Waals surface area contributed by atoms with Crippen LogP contribution in [-0.4, -0.2) is 4.98 Å². The molecule has 4 heteroatoms. The third-order valence-corrected chi connectivity index (χ3v) is 11.3. The molecule has 58 heavy (non-hydrogen) atoms. The molecule has 0 aliphatic carbocycles. The van der Waals surface area contributed by atoms with Crippen molar-refractivity contribution >= 4 is 71.4 Å². The van der Waals surface area contributed by atoms with E-state index in [4.69, 9.17) is 9.40 Å². The lowest BCUT2D eigenvalue weighted by molar-refractivity contribution is 0.669. The standard InChI is InChI=1S/C54H33N3O/c55-34-35-19-21-36(22-20-35)37-23-26-40(27-24-37)57(52-18-7-8-31-56-52)41-28-30-51-49(33-41)48-32-39(25-29-50(48)58-51)53-44-13-3-5-15-46(44)54(47-16-6-4-14-45(47)53)43-17-9-11-38-10-1-2-12-42(38)43/h1-33H. The normalized spacial score (nSPS) is 11.4. The Bertz CT molecular complexity index is 3330. The number of fused-ring (bicyclic) bond motifs is 6. The Morgan fingerprint density at radius 1 is 0.431 bits per heavy atom. The van der Waals surface area contributed by atoms with Gasteiger partial charge in [0.1, 0.15) is 17.0 Å². The molecular formula is C54H33N3O. The number of furan rings is 1. The number of hydrogen-bond donors (Lipinski definition) is 0. The minimum absolute atomic E-state index is 0.646. The van der Waals surface area contributed by atoms with Crippen molar-refractivity contribution in [2.24, 2.45) is 0 Å². The van der Waals surface area contributed by atoms with Gasteiger partial charge in [-0.3, -0.25) is 4.90 Å². The molecule has 0 atom stereocenters. The van der Waals surface area contributed by atoms with Crippen molar-refractivity contribution < 1.29 is 4.42 Å². The number of nitriles is 1. The molecule has 4 nitrogen and oxygen atoms in total. The fourth-order valence-corrected chi connectivity index (χ4v) is 8.67. The van der Waals surface area contributed by atoms with Crippen LogP contribution in [0.25, 0.3) is 87.6 Å². The van der Waals surface area contributed by atoms with Gasteiger partial charge in [-0.25, -0.2) is 4.98 Å². The number of aromatic nitrogens is 1. The first-order chi connectivity index (χ1) is 28.7. The maximum atomic E-state index is 9.27. The Balaban J connectivity index is 1.08. The highest BCUT2D eigenvalue weighted by molar-refractivity contribution is 6.24. The van der Waals surface area contributed by atoms with Crippen molar-refractivity contribution in [3.63, 3.8) is 0 Å². The highest BCUT2D eigenvalue weighted by Crippen LogP contribution is 2.46. The summed E-state index contributed by atoms with van der Waals surface area (Å²) in [7, 11) is 0. The molecule has 0 spiro atoms. The van der Waals surface area contributed by atoms with E-state index in [2.05, 4.69) is 163 Å². The maximum absolute atomic E-state index is 9.27. The van der Waals surface area contributed by atoms with Gasteiger partial charge in [-0.2, -0.15) is 5.26 Å². The molecule has 0 saturated carbocycles. The molecule has 11 rings (SSSR count). The average Bonchev–Trinajstić information content (AvgIpc) is 3.66. The predicted octanol–water partition coefficient (Wildman–Crippen LogP) is 14.8. The van der Waals surface area contributed by atoms with Gasteiger partial charge >= 0.3 is 0 Å². The zero-order valence-electron chi connectivity index (χ0n) is 31.3. The molecular weight excluding hydrogens is 707 g/mol. The monoisotopic (exact) mass is 739 g/mol. The van der Waals surface area contributed by atoms with Crippen LogP contribution in [0.5, 0.6) is 0 Å². The largest absolute Gasteiger partial charge is 0.456 e. The van der Waals surface area contributed by atoms with Gasteiger partial charge in [0.25, 0.3) is 0 Å². The van der Waals surface area contributed by atoms with Crippen LogP contribution >= 0.6 is 0 Å². The van der Waals surface area contributed by atoms with Crippen LogP contribution < -0.4 is 4.90 Å². The number of pyridine rings is 1. The minimum atomic E-state index is 0.646. The minimum Gasteiger partial charge on any atom is -0.456 e. The third-order valence-electron chi connectivity index (χ3n) is 11.3. The summed E-state index contributed by atoms with van der Waals surface area (Å²) in [4.78, 5) is 6.97. The van der Waals surface area contributed by atoms with Gasteiger partial charge in [-0.05, 0) is 132 Å². The van der Waals surface area contributed by atoms with E-state index in [-0.39, 0.29) is 0 Å². The second-order valence-corrected chi connectivity index (χ2v) is 14.6. The van der Waals surface area contributed by atoms with E-state index in [1.807, 2.05) is 48.7 Å². The number of hydrogen-bond acceptors (Lipinski definition) is 4. The average molecular weight is 740 g/mol. The van der Waals surface area contributed by atoms with Crippen molar-refractivity contribution in [2.45, 2.75) is 0 Å². The van der Waals surface area contributed by atoms with E-state index in [0.29, 0.717) is 5.56 Å². The molecule has 0 aliphatic rings. The lowest BCUT2D eigenvalue weighted by Gasteiger charge is -2.24. The lowest BCUT2D eigenvalue weighted by Crippen LogP contribution is -2.11. The van der Waals surface area contributed by atoms with Gasteiger partial charge in [-0.1, -0.05) is 127 Å². The van der Waals surface area contributed by atoms with E-state index >= 15 is 0 Å². The Kier molecular flexibility index (Phi) is 7.84. The quantitative estimate of drug-likeness (QED) is 0.159. The molecule has 2 heterocycles. The molecule has 0 amide bonds. The molecule has 0 fully saturated rings. The summed E-state index contributed by atoms with van der Waals surface area (Å²) in [5.41, 5.74) is 11.2. The molecule has 11 aromatic rings. The first kappa shape index (κ1) is 33.3. The fourth-order valence-electron chi connectivity index (χ4n) is 8.67. The van der Waals surface area contributed by atoms with Crippen LogP contribution in [0.15, 0.2) is 205 Å². The van der Waals surface area contributed by atoms with Gasteiger partial charge < -0.3 is 4.42 Å². The van der Waals surface area contributed by atoms with Crippen molar-refractivity contribution in [2.75, 3.05) is 4.90 Å². The first-order valence-electron chi connectivity index (χ1n) is 19.4. The zero-order chi connectivity index (χ0) is 38.6. The highest BCUT2D eigenvalue weighted by Gasteiger charge is 2.20. The topological polar surface area (TPSA) is 53.1 Å². The van der Waals surface area contributed by atoms with Crippen LogP contribution in [0.4, 0.5) is 17.2 Å². The number of anilines is 3. The van der Waals surface area contributed by atoms with Crippen LogP contribution in [-0.2, 0) is 0 Å². The predicted molar refractivity (Wildman–Crippen MR) is 240 cm³/mol. The Labute approximate surface area is 335 Å². The summed E-state index contributed by atoms with van der Waals surface area (Å²) < 4.78 is 6.51. The third kappa shape index (κ3) is 5.49. The highest BCUT2D eigenvalue weighted by atomic mass is 16.3. The van der Waals surface area contributed by atoms with Gasteiger partial charge in [0.05, 0.1) is 11.6 Å². The molecule has 0 saturated heterocycles. The number of nitrogens with zero attached hydrogens (tertiary/aromatic N) is 3. The van der Waals surface area contributed by atoms with Crippen LogP contribution in [0, 0.1) is 11.3 Å². The molecule has 0 bridgehead atoms. The zero-order valence-corrected chi connectivity index (χ0v) is 31.3. The molecule has 0 radical (unpaired) electrons. The summed E-state index contributed by atoms with van der Waals surface area (Å²) in [6, 6.07) is 70.3. The Morgan fingerprint density at radius 2 is 0.983 bits per heavy atom. The summed E-state index contributed by atoms with van der Waals surface area (Å²) in [6.07, 6.45) is 1.83. The Hall–Kier alpha value is -8.00. The van der Waals surface area contributed by atoms with Gasteiger partial charge in [0.2, 0.25) is 0 Å². The van der Waals surface area contributed by atoms with Gasteiger partial charge in [-0.15, -0.1) is 0 Å². The van der Waals surface area contributed by atoms with E-state index in [1.165, 1.54) is 49.0 Å². The lowest BCUT2D eigenvalue weighted by atomic mass is 9.84. The van der Waals surface area contributed by atoms with Crippen molar-refractivity contribution in [3.05, 3.63) is 206 Å². The number of benzene rings is 9. The first-order valence-corrected chi connectivity index (χ1v) is 19.4. The summed E-state index contributed by atoms with van der Waals surface area (Å²) in [6.45, 7) is 0. The van der Waals surface area contributed by atoms with Gasteiger partial charge in [0.15, 0.2) is 0 Å². The second-order valence-electron chi connectivity index (χ2n) is 14.6. The maximum Gasteiger partial charge on any atom is 0.137 e. The van der Waals surface area contributed by atoms with Crippen LogP contribution in [0.2, 0.25) is 0 Å². The smallest absolute Gasteiger partial charge is 0.137 e. The van der Waals surface area contributed by atoms with Crippen LogP contribution in [0.3, 0.4) is 0 Å². The van der Waals surface area contributed by atoms with Crippen molar-refractivity contribution in [3.8, 4) is 39.4 Å². The van der Waals surface area contributed by atoms with E-state index in [9.17, 15) is 5.26 Å². The molecule has 0 N–H and O–H groups in total. The summed E-state index contributed by atoms with van der Waals surface area (Å²) in [5.74, 6) is 0.811. The van der Waals surface area contributed by atoms with E-state index in [0.717, 1.165) is 55.8 Å². The molecule has 2 aromatic heterocycles. The van der Waals surface area contributed by atoms with Crippen molar-refractivity contribution in [1.82, 2.24) is 4.98 Å². The van der Waals surface area contributed by atoms with E-state index < -0.39 is 0 Å². The molecule has 0 unspecified atom stereocenters. The summed E-state index contributed by atoms with van der Waals surface area (Å²) in [5, 5.41) is 18.7. The fraction of sp³-hybridized carbons (Fsp3) is 0. The summed E-state index contributed by atoms with van der Waals surface area (Å²) >= 11 is 0. The van der Waals surface area contributed by atoms with Crippen molar-refractivity contribution in [1.29, 1.82) is 5.26 Å². The SMILES string of the molecule is N#Cc1ccc(-c2ccc(N(c3ccc4oc5ccc(-c6c7ccccc7c(-c7cccc8ccccc78)c7ccccc67)cc5c4c3)c3ccccn3)cc2)cc1. The van der Waals surface area contributed by atoms with E-state index in [1.54, 1.807) is 0 Å².